The Balaban J connectivity index is 1.36. The Labute approximate surface area is 204 Å². The molecule has 0 radical (unpaired) electrons. The molecule has 3 aromatic heterocycles. The summed E-state index contributed by atoms with van der Waals surface area (Å²) in [6.07, 6.45) is 7.08. The summed E-state index contributed by atoms with van der Waals surface area (Å²) in [6.45, 7) is 2.21. The molecule has 0 saturated carbocycles. The number of pyridine rings is 1. The van der Waals surface area contributed by atoms with E-state index in [4.69, 9.17) is 16.6 Å². The highest BCUT2D eigenvalue weighted by Crippen LogP contribution is 2.30. The lowest BCUT2D eigenvalue weighted by Gasteiger charge is -2.33. The fourth-order valence-corrected chi connectivity index (χ4v) is 4.79. The van der Waals surface area contributed by atoms with Crippen LogP contribution in [-0.2, 0) is 0 Å². The summed E-state index contributed by atoms with van der Waals surface area (Å²) >= 11 is 9.98. The van der Waals surface area contributed by atoms with Crippen molar-refractivity contribution in [2.45, 2.75) is 12.8 Å². The molecule has 1 atom stereocenters. The van der Waals surface area contributed by atoms with Gasteiger partial charge in [0.25, 0.3) is 5.91 Å². The number of carbonyl (C=O) groups excluding carboxylic acids is 1. The molecule has 1 N–H and O–H groups in total. The Morgan fingerprint density at radius 1 is 1.21 bits per heavy atom. The number of fused-ring (bicyclic) bond motifs is 1. The topological polar surface area (TPSA) is 75.4 Å². The van der Waals surface area contributed by atoms with Crippen LogP contribution in [0.3, 0.4) is 0 Å². The molecule has 1 fully saturated rings. The third kappa shape index (κ3) is 4.58. The number of nitrogens with one attached hydrogen (secondary N) is 1. The number of rotatable bonds is 5. The van der Waals surface area contributed by atoms with Crippen LogP contribution >= 0.6 is 27.5 Å². The van der Waals surface area contributed by atoms with Gasteiger partial charge in [-0.3, -0.25) is 9.78 Å². The van der Waals surface area contributed by atoms with Gasteiger partial charge in [0.05, 0.1) is 16.4 Å². The Hall–Kier alpha value is -2.97. The van der Waals surface area contributed by atoms with Crippen molar-refractivity contribution in [2.75, 3.05) is 25.0 Å². The number of amides is 1. The highest BCUT2D eigenvalue weighted by Gasteiger charge is 2.25. The number of nitrogens with zero attached hydrogens (tertiary/aromatic N) is 5. The minimum atomic E-state index is 0.0606. The van der Waals surface area contributed by atoms with Gasteiger partial charge in [0.1, 0.15) is 5.82 Å². The van der Waals surface area contributed by atoms with E-state index in [0.29, 0.717) is 28.7 Å². The Morgan fingerprint density at radius 3 is 2.85 bits per heavy atom. The first kappa shape index (κ1) is 21.9. The van der Waals surface area contributed by atoms with Gasteiger partial charge in [0, 0.05) is 54.2 Å². The second-order valence-corrected chi connectivity index (χ2v) is 9.37. The van der Waals surface area contributed by atoms with Gasteiger partial charge in [-0.15, -0.1) is 0 Å². The predicted octanol–water partition coefficient (Wildman–Crippen LogP) is 5.17. The number of hydrogen-bond acceptors (Lipinski definition) is 5. The van der Waals surface area contributed by atoms with E-state index in [-0.39, 0.29) is 5.91 Å². The van der Waals surface area contributed by atoms with Crippen molar-refractivity contribution < 1.29 is 4.79 Å². The van der Waals surface area contributed by atoms with E-state index in [2.05, 4.69) is 31.3 Å². The molecule has 4 heterocycles. The quantitative estimate of drug-likeness (QED) is 0.389. The number of aromatic nitrogens is 4. The van der Waals surface area contributed by atoms with Gasteiger partial charge in [-0.2, -0.15) is 9.61 Å². The monoisotopic (exact) mass is 524 g/mol. The lowest BCUT2D eigenvalue weighted by molar-refractivity contribution is 0.0680. The second kappa shape index (κ2) is 9.49. The van der Waals surface area contributed by atoms with Crippen molar-refractivity contribution in [1.29, 1.82) is 0 Å². The minimum Gasteiger partial charge on any atom is -0.370 e. The molecule has 1 saturated heterocycles. The third-order valence-electron chi connectivity index (χ3n) is 5.88. The fraction of sp³-hybridized carbons (Fsp3) is 0.250. The smallest absolute Gasteiger partial charge is 0.253 e. The van der Waals surface area contributed by atoms with Gasteiger partial charge in [0.15, 0.2) is 5.65 Å². The average Bonchev–Trinajstić information content (AvgIpc) is 3.24. The summed E-state index contributed by atoms with van der Waals surface area (Å²) in [5.41, 5.74) is 3.04. The molecular weight excluding hydrogens is 504 g/mol. The number of piperidine rings is 1. The minimum absolute atomic E-state index is 0.0606. The molecule has 1 aromatic carbocycles. The van der Waals surface area contributed by atoms with E-state index in [1.54, 1.807) is 35.2 Å². The van der Waals surface area contributed by atoms with Crippen LogP contribution in [0.25, 0.3) is 16.9 Å². The molecule has 0 bridgehead atoms. The molecule has 0 aliphatic carbocycles. The van der Waals surface area contributed by atoms with Crippen molar-refractivity contribution in [3.8, 4) is 11.3 Å². The molecule has 9 heteroatoms. The van der Waals surface area contributed by atoms with Crippen molar-refractivity contribution in [1.82, 2.24) is 24.5 Å². The summed E-state index contributed by atoms with van der Waals surface area (Å²) in [7, 11) is 0. The molecule has 0 spiro atoms. The van der Waals surface area contributed by atoms with Gasteiger partial charge < -0.3 is 10.2 Å². The summed E-state index contributed by atoms with van der Waals surface area (Å²) in [5.74, 6) is 1.22. The Morgan fingerprint density at radius 2 is 2.03 bits per heavy atom. The van der Waals surface area contributed by atoms with Gasteiger partial charge in [0.2, 0.25) is 0 Å². The van der Waals surface area contributed by atoms with E-state index in [1.807, 2.05) is 35.2 Å². The second-order valence-electron chi connectivity index (χ2n) is 8.11. The van der Waals surface area contributed by atoms with E-state index in [9.17, 15) is 4.79 Å². The van der Waals surface area contributed by atoms with Gasteiger partial charge in [-0.05, 0) is 52.9 Å². The Bertz CT molecular complexity index is 1290. The van der Waals surface area contributed by atoms with Gasteiger partial charge in [-0.25, -0.2) is 4.98 Å². The molecule has 1 aliphatic heterocycles. The maximum Gasteiger partial charge on any atom is 0.253 e. The largest absolute Gasteiger partial charge is 0.370 e. The normalized spacial score (nSPS) is 16.2. The lowest BCUT2D eigenvalue weighted by atomic mass is 9.97. The van der Waals surface area contributed by atoms with Gasteiger partial charge >= 0.3 is 0 Å². The van der Waals surface area contributed by atoms with Crippen LogP contribution in [0.15, 0.2) is 65.5 Å². The zero-order valence-corrected chi connectivity index (χ0v) is 20.1. The maximum absolute atomic E-state index is 12.9. The molecular formula is C24H22BrClN6O. The van der Waals surface area contributed by atoms with E-state index >= 15 is 0 Å². The third-order valence-corrected chi connectivity index (χ3v) is 6.77. The van der Waals surface area contributed by atoms with Crippen molar-refractivity contribution in [3.05, 3.63) is 76.1 Å². The van der Waals surface area contributed by atoms with Crippen LogP contribution in [0.2, 0.25) is 5.02 Å². The number of anilines is 1. The van der Waals surface area contributed by atoms with Crippen LogP contribution in [0.1, 0.15) is 23.2 Å². The molecule has 1 amide bonds. The van der Waals surface area contributed by atoms with Crippen LogP contribution < -0.4 is 5.32 Å². The molecule has 4 aromatic rings. The highest BCUT2D eigenvalue weighted by molar-refractivity contribution is 9.10. The van der Waals surface area contributed by atoms with Crippen molar-refractivity contribution in [2.24, 2.45) is 5.92 Å². The summed E-state index contributed by atoms with van der Waals surface area (Å²) in [5, 5.41) is 8.66. The lowest BCUT2D eigenvalue weighted by Crippen LogP contribution is -2.41. The molecule has 33 heavy (non-hydrogen) atoms. The fourth-order valence-electron chi connectivity index (χ4n) is 4.21. The van der Waals surface area contributed by atoms with Crippen molar-refractivity contribution in [3.63, 3.8) is 0 Å². The zero-order chi connectivity index (χ0) is 22.8. The van der Waals surface area contributed by atoms with Crippen LogP contribution in [0.4, 0.5) is 5.82 Å². The van der Waals surface area contributed by atoms with E-state index < -0.39 is 0 Å². The van der Waals surface area contributed by atoms with Gasteiger partial charge in [-0.1, -0.05) is 29.8 Å². The highest BCUT2D eigenvalue weighted by atomic mass is 79.9. The SMILES string of the molecule is O=C(c1ccncc1)N1CCCC(CNc2cc(-c3ccccc3Cl)nc3c(Br)cnn23)C1. The number of carbonyl (C=O) groups is 1. The van der Waals surface area contributed by atoms with Crippen LogP contribution in [-0.4, -0.2) is 50.0 Å². The van der Waals surface area contributed by atoms with Crippen molar-refractivity contribution >= 4 is 44.9 Å². The summed E-state index contributed by atoms with van der Waals surface area (Å²) < 4.78 is 2.60. The molecule has 7 nitrogen and oxygen atoms in total. The maximum atomic E-state index is 12.9. The summed E-state index contributed by atoms with van der Waals surface area (Å²) in [4.78, 5) is 23.6. The van der Waals surface area contributed by atoms with Crippen LogP contribution in [0.5, 0.6) is 0 Å². The first-order valence-electron chi connectivity index (χ1n) is 10.8. The van der Waals surface area contributed by atoms with E-state index in [1.165, 1.54) is 0 Å². The molecule has 5 rings (SSSR count). The first-order valence-corrected chi connectivity index (χ1v) is 12.0. The predicted molar refractivity (Wildman–Crippen MR) is 132 cm³/mol. The number of benzene rings is 1. The first-order chi connectivity index (χ1) is 16.1. The number of hydrogen-bond donors (Lipinski definition) is 1. The molecule has 1 unspecified atom stereocenters. The number of likely N-dealkylation sites (tertiary alicyclic amines) is 1. The Kier molecular flexibility index (Phi) is 6.28. The van der Waals surface area contributed by atoms with E-state index in [0.717, 1.165) is 47.5 Å². The van der Waals surface area contributed by atoms with Crippen LogP contribution in [0, 0.1) is 5.92 Å². The number of halogens is 2. The summed E-state index contributed by atoms with van der Waals surface area (Å²) in [6, 6.07) is 13.2. The molecule has 1 aliphatic rings. The standard InChI is InChI=1S/C24H22BrClN6O/c25-19-14-29-32-22(12-21(30-23(19)32)18-5-1-2-6-20(18)26)28-13-16-4-3-11-31(15-16)24(33)17-7-9-27-10-8-17/h1-2,5-10,12,14,16,28H,3-4,11,13,15H2. The molecule has 168 valence electrons. The zero-order valence-electron chi connectivity index (χ0n) is 17.8. The average molecular weight is 526 g/mol.